The largest absolute Gasteiger partial charge is 0.497 e. The van der Waals surface area contributed by atoms with Crippen LogP contribution in [-0.2, 0) is 18.3 Å². The van der Waals surface area contributed by atoms with Crippen LogP contribution in [0.3, 0.4) is 0 Å². The van der Waals surface area contributed by atoms with E-state index in [0.29, 0.717) is 16.7 Å². The predicted molar refractivity (Wildman–Crippen MR) is 76.4 cm³/mol. The Bertz CT molecular complexity index is 731. The van der Waals surface area contributed by atoms with Crippen molar-refractivity contribution >= 4 is 16.9 Å². The van der Waals surface area contributed by atoms with Gasteiger partial charge in [0, 0.05) is 36.2 Å². The van der Waals surface area contributed by atoms with Gasteiger partial charge >= 0.3 is 5.97 Å². The van der Waals surface area contributed by atoms with E-state index in [4.69, 9.17) is 9.84 Å². The van der Waals surface area contributed by atoms with Crippen LogP contribution in [0.2, 0.25) is 0 Å². The van der Waals surface area contributed by atoms with E-state index in [1.165, 1.54) is 0 Å². The first-order valence-corrected chi connectivity index (χ1v) is 6.33. The Kier molecular flexibility index (Phi) is 3.79. The van der Waals surface area contributed by atoms with Crippen LogP contribution in [0, 0.1) is 6.92 Å². The lowest BCUT2D eigenvalue weighted by Gasteiger charge is -2.14. The van der Waals surface area contributed by atoms with Gasteiger partial charge in [0.1, 0.15) is 5.75 Å². The van der Waals surface area contributed by atoms with Crippen LogP contribution in [0.15, 0.2) is 23.0 Å². The van der Waals surface area contributed by atoms with E-state index >= 15 is 0 Å². The summed E-state index contributed by atoms with van der Waals surface area (Å²) in [5.41, 5.74) is 2.04. The van der Waals surface area contributed by atoms with Crippen LogP contribution in [-0.4, -0.2) is 22.8 Å². The molecule has 1 N–H and O–H groups in total. The van der Waals surface area contributed by atoms with Crippen molar-refractivity contribution in [2.24, 2.45) is 7.05 Å². The van der Waals surface area contributed by atoms with Gasteiger partial charge in [0.15, 0.2) is 5.43 Å². The first kappa shape index (κ1) is 14.1. The van der Waals surface area contributed by atoms with Gasteiger partial charge < -0.3 is 14.4 Å². The van der Waals surface area contributed by atoms with E-state index in [0.717, 1.165) is 11.2 Å². The van der Waals surface area contributed by atoms with Crippen molar-refractivity contribution in [3.05, 3.63) is 39.7 Å². The number of benzene rings is 1. The molecule has 0 saturated heterocycles. The van der Waals surface area contributed by atoms with Crippen LogP contribution in [0.4, 0.5) is 0 Å². The maximum atomic E-state index is 12.5. The Hall–Kier alpha value is -2.30. The van der Waals surface area contributed by atoms with Gasteiger partial charge in [-0.3, -0.25) is 9.59 Å². The lowest BCUT2D eigenvalue weighted by Crippen LogP contribution is -2.18. The molecule has 0 aliphatic rings. The van der Waals surface area contributed by atoms with Crippen molar-refractivity contribution in [3.8, 4) is 5.75 Å². The second kappa shape index (κ2) is 5.36. The number of aryl methyl sites for hydroxylation is 1. The molecule has 106 valence electrons. The number of fused-ring (bicyclic) bond motifs is 1. The topological polar surface area (TPSA) is 68.5 Å². The summed E-state index contributed by atoms with van der Waals surface area (Å²) >= 11 is 0. The first-order chi connectivity index (χ1) is 9.45. The van der Waals surface area contributed by atoms with E-state index < -0.39 is 5.97 Å². The van der Waals surface area contributed by atoms with E-state index in [-0.39, 0.29) is 18.3 Å². The van der Waals surface area contributed by atoms with Crippen LogP contribution in [0.25, 0.3) is 10.9 Å². The molecule has 5 heteroatoms. The van der Waals surface area contributed by atoms with Gasteiger partial charge in [-0.15, -0.1) is 0 Å². The fourth-order valence-corrected chi connectivity index (χ4v) is 2.34. The summed E-state index contributed by atoms with van der Waals surface area (Å²) in [5.74, 6) is -0.216. The highest BCUT2D eigenvalue weighted by Gasteiger charge is 2.13. The van der Waals surface area contributed by atoms with E-state index in [9.17, 15) is 9.59 Å². The number of carbonyl (C=O) groups is 1. The van der Waals surface area contributed by atoms with Gasteiger partial charge in [0.05, 0.1) is 12.6 Å². The van der Waals surface area contributed by atoms with E-state index in [1.807, 2.05) is 24.6 Å². The Morgan fingerprint density at radius 1 is 1.40 bits per heavy atom. The number of methoxy groups -OCH3 is 1. The van der Waals surface area contributed by atoms with E-state index in [1.54, 1.807) is 19.2 Å². The molecule has 2 aromatic rings. The monoisotopic (exact) mass is 275 g/mol. The molecule has 0 saturated carbocycles. The molecule has 1 aromatic heterocycles. The molecule has 0 atom stereocenters. The number of aliphatic carboxylic acids is 1. The summed E-state index contributed by atoms with van der Waals surface area (Å²) in [6, 6.07) is 5.27. The van der Waals surface area contributed by atoms with Crippen LogP contribution in [0.5, 0.6) is 5.75 Å². The Morgan fingerprint density at radius 2 is 2.10 bits per heavy atom. The number of hydrogen-bond donors (Lipinski definition) is 1. The second-order valence-electron chi connectivity index (χ2n) is 4.73. The summed E-state index contributed by atoms with van der Waals surface area (Å²) in [7, 11) is 3.44. The van der Waals surface area contributed by atoms with Crippen molar-refractivity contribution in [1.82, 2.24) is 4.57 Å². The second-order valence-corrected chi connectivity index (χ2v) is 4.73. The number of rotatable bonds is 4. The zero-order valence-electron chi connectivity index (χ0n) is 11.8. The van der Waals surface area contributed by atoms with Crippen molar-refractivity contribution in [2.75, 3.05) is 7.11 Å². The maximum Gasteiger partial charge on any atom is 0.303 e. The van der Waals surface area contributed by atoms with Crippen LogP contribution >= 0.6 is 0 Å². The summed E-state index contributed by atoms with van der Waals surface area (Å²) in [5, 5.41) is 9.36. The van der Waals surface area contributed by atoms with Crippen LogP contribution in [0.1, 0.15) is 17.7 Å². The quantitative estimate of drug-likeness (QED) is 0.925. The van der Waals surface area contributed by atoms with Crippen molar-refractivity contribution in [1.29, 1.82) is 0 Å². The molecule has 0 fully saturated rings. The Morgan fingerprint density at radius 3 is 2.70 bits per heavy atom. The molecule has 1 aromatic carbocycles. The lowest BCUT2D eigenvalue weighted by molar-refractivity contribution is -0.136. The number of carboxylic acid groups (broad SMARTS) is 1. The molecule has 20 heavy (non-hydrogen) atoms. The third-order valence-corrected chi connectivity index (χ3v) is 3.61. The highest BCUT2D eigenvalue weighted by Crippen LogP contribution is 2.21. The smallest absolute Gasteiger partial charge is 0.303 e. The molecule has 0 aliphatic carbocycles. The van der Waals surface area contributed by atoms with Gasteiger partial charge in [0.2, 0.25) is 0 Å². The molecular weight excluding hydrogens is 258 g/mol. The summed E-state index contributed by atoms with van der Waals surface area (Å²) in [6.07, 6.45) is 0.202. The van der Waals surface area contributed by atoms with Crippen LogP contribution < -0.4 is 10.2 Å². The normalized spacial score (nSPS) is 10.8. The highest BCUT2D eigenvalue weighted by atomic mass is 16.5. The maximum absolute atomic E-state index is 12.5. The van der Waals surface area contributed by atoms with Gasteiger partial charge in [0.25, 0.3) is 0 Å². The number of ether oxygens (including phenoxy) is 1. The summed E-state index contributed by atoms with van der Waals surface area (Å²) < 4.78 is 7.07. The highest BCUT2D eigenvalue weighted by molar-refractivity contribution is 5.82. The third-order valence-electron chi connectivity index (χ3n) is 3.61. The number of carboxylic acids is 1. The number of aromatic nitrogens is 1. The minimum atomic E-state index is -0.902. The number of pyridine rings is 1. The molecule has 5 nitrogen and oxygen atoms in total. The zero-order chi connectivity index (χ0) is 14.9. The van der Waals surface area contributed by atoms with Crippen molar-refractivity contribution in [3.63, 3.8) is 0 Å². The first-order valence-electron chi connectivity index (χ1n) is 6.33. The average Bonchev–Trinajstić information content (AvgIpc) is 2.44. The minimum absolute atomic E-state index is 0.0439. The molecule has 2 rings (SSSR count). The van der Waals surface area contributed by atoms with E-state index in [2.05, 4.69) is 0 Å². The SMILES string of the molecule is COc1ccc2c(=O)c(CCC(=O)O)c(C)n(C)c2c1. The van der Waals surface area contributed by atoms with Crippen molar-refractivity contribution < 1.29 is 14.6 Å². The molecule has 0 spiro atoms. The Labute approximate surface area is 116 Å². The zero-order valence-corrected chi connectivity index (χ0v) is 11.8. The van der Waals surface area contributed by atoms with Gasteiger partial charge in [-0.1, -0.05) is 0 Å². The van der Waals surface area contributed by atoms with Crippen molar-refractivity contribution in [2.45, 2.75) is 19.8 Å². The third kappa shape index (κ3) is 2.39. The molecule has 1 heterocycles. The summed E-state index contributed by atoms with van der Waals surface area (Å²) in [6.45, 7) is 1.83. The molecule has 0 radical (unpaired) electrons. The fourth-order valence-electron chi connectivity index (χ4n) is 2.34. The minimum Gasteiger partial charge on any atom is -0.497 e. The number of hydrogen-bond acceptors (Lipinski definition) is 3. The summed E-state index contributed by atoms with van der Waals surface area (Å²) in [4.78, 5) is 23.2. The lowest BCUT2D eigenvalue weighted by atomic mass is 10.0. The fraction of sp³-hybridized carbons (Fsp3) is 0.333. The molecule has 0 unspecified atom stereocenters. The number of nitrogens with zero attached hydrogens (tertiary/aromatic N) is 1. The van der Waals surface area contributed by atoms with Gasteiger partial charge in [-0.05, 0) is 25.5 Å². The molecule has 0 aliphatic heterocycles. The Balaban J connectivity index is 2.67. The standard InChI is InChI=1S/C15H17NO4/c1-9-11(6-7-14(17)18)15(19)12-5-4-10(20-3)8-13(12)16(9)2/h4-5,8H,6-7H2,1-3H3,(H,17,18). The van der Waals surface area contributed by atoms with Gasteiger partial charge in [-0.2, -0.15) is 0 Å². The van der Waals surface area contributed by atoms with Gasteiger partial charge in [-0.25, -0.2) is 0 Å². The molecule has 0 bridgehead atoms. The molecular formula is C15H17NO4. The predicted octanol–water partition coefficient (Wildman–Crippen LogP) is 1.87. The average molecular weight is 275 g/mol. The molecule has 0 amide bonds.